The van der Waals surface area contributed by atoms with Crippen molar-refractivity contribution in [1.82, 2.24) is 10.3 Å². The van der Waals surface area contributed by atoms with E-state index in [1.807, 2.05) is 0 Å². The van der Waals surface area contributed by atoms with Crippen LogP contribution >= 0.6 is 0 Å². The Morgan fingerprint density at radius 1 is 1.48 bits per heavy atom. The second kappa shape index (κ2) is 7.98. The summed E-state index contributed by atoms with van der Waals surface area (Å²) in [6.07, 6.45) is 8.09. The number of nitrogens with zero attached hydrogens (tertiary/aromatic N) is 1. The molecule has 1 amide bonds. The number of aliphatic hydroxyl groups excluding tert-OH is 1. The number of nitrogens with one attached hydrogen (secondary N) is 1. The first-order chi connectivity index (χ1) is 10.2. The van der Waals surface area contributed by atoms with Gasteiger partial charge >= 0.3 is 0 Å². The molecule has 0 bridgehead atoms. The molecule has 2 rings (SSSR count). The molecule has 5 heteroatoms. The molecule has 1 unspecified atom stereocenters. The summed E-state index contributed by atoms with van der Waals surface area (Å²) in [5.74, 6) is 0.880. The first-order valence-corrected chi connectivity index (χ1v) is 7.66. The van der Waals surface area contributed by atoms with Crippen molar-refractivity contribution in [3.05, 3.63) is 24.0 Å². The summed E-state index contributed by atoms with van der Waals surface area (Å²) in [6.45, 7) is 0.0903. The summed E-state index contributed by atoms with van der Waals surface area (Å²) in [7, 11) is 1.56. The van der Waals surface area contributed by atoms with E-state index in [4.69, 9.17) is 4.74 Å². The number of aliphatic hydroxyl groups is 1. The van der Waals surface area contributed by atoms with E-state index >= 15 is 0 Å². The molecule has 1 atom stereocenters. The fraction of sp³-hybridized carbons (Fsp3) is 0.625. The molecule has 1 aromatic rings. The monoisotopic (exact) mass is 292 g/mol. The van der Waals surface area contributed by atoms with Crippen LogP contribution in [0, 0.1) is 5.92 Å². The highest BCUT2D eigenvalue weighted by Crippen LogP contribution is 2.28. The van der Waals surface area contributed by atoms with E-state index in [2.05, 4.69) is 10.3 Å². The molecular weight excluding hydrogens is 268 g/mol. The van der Waals surface area contributed by atoms with E-state index in [1.54, 1.807) is 25.4 Å². The molecule has 2 N–H and O–H groups in total. The molecule has 1 aromatic heterocycles. The number of carbonyl (C=O) groups excluding carboxylic acids is 1. The van der Waals surface area contributed by atoms with Crippen molar-refractivity contribution in [3.8, 4) is 5.75 Å². The van der Waals surface area contributed by atoms with E-state index in [0.717, 1.165) is 12.8 Å². The van der Waals surface area contributed by atoms with Gasteiger partial charge in [0.2, 0.25) is 0 Å². The van der Waals surface area contributed by atoms with E-state index in [0.29, 0.717) is 23.8 Å². The predicted octanol–water partition coefficient (Wildman–Crippen LogP) is 2.15. The van der Waals surface area contributed by atoms with Crippen molar-refractivity contribution in [3.63, 3.8) is 0 Å². The number of carbonyl (C=O) groups is 1. The van der Waals surface area contributed by atoms with Crippen molar-refractivity contribution < 1.29 is 14.6 Å². The van der Waals surface area contributed by atoms with Crippen LogP contribution in [0.1, 0.15) is 49.0 Å². The lowest BCUT2D eigenvalue weighted by molar-refractivity contribution is 0.0894. The maximum absolute atomic E-state index is 12.3. The summed E-state index contributed by atoms with van der Waals surface area (Å²) in [6, 6.07) is 3.37. The Balaban J connectivity index is 2.02. The molecule has 0 spiro atoms. The van der Waals surface area contributed by atoms with Gasteiger partial charge in [-0.2, -0.15) is 0 Å². The van der Waals surface area contributed by atoms with Crippen LogP contribution < -0.4 is 10.1 Å². The van der Waals surface area contributed by atoms with Crippen LogP contribution in [-0.2, 0) is 0 Å². The van der Waals surface area contributed by atoms with E-state index in [1.165, 1.54) is 19.3 Å². The summed E-state index contributed by atoms with van der Waals surface area (Å²) in [5.41, 5.74) is 0.355. The molecule has 1 aliphatic carbocycles. The van der Waals surface area contributed by atoms with Gasteiger partial charge in [0.05, 0.1) is 7.11 Å². The minimum absolute atomic E-state index is 0.0239. The summed E-state index contributed by atoms with van der Waals surface area (Å²) in [5, 5.41) is 12.3. The Morgan fingerprint density at radius 3 is 2.90 bits per heavy atom. The number of pyridine rings is 1. The van der Waals surface area contributed by atoms with Gasteiger partial charge < -0.3 is 15.2 Å². The van der Waals surface area contributed by atoms with Crippen molar-refractivity contribution in [2.24, 2.45) is 5.92 Å². The quantitative estimate of drug-likeness (QED) is 0.843. The second-order valence-electron chi connectivity index (χ2n) is 5.57. The van der Waals surface area contributed by atoms with Gasteiger partial charge in [0, 0.05) is 24.9 Å². The summed E-state index contributed by atoms with van der Waals surface area (Å²) in [4.78, 5) is 16.4. The highest BCUT2D eigenvalue weighted by Gasteiger charge is 2.25. The molecular formula is C16H24N2O3. The fourth-order valence-corrected chi connectivity index (χ4v) is 3.01. The van der Waals surface area contributed by atoms with Crippen molar-refractivity contribution in [1.29, 1.82) is 0 Å². The van der Waals surface area contributed by atoms with Gasteiger partial charge in [-0.3, -0.25) is 9.78 Å². The Labute approximate surface area is 125 Å². The topological polar surface area (TPSA) is 71.5 Å². The van der Waals surface area contributed by atoms with Gasteiger partial charge in [0.1, 0.15) is 11.4 Å². The smallest absolute Gasteiger partial charge is 0.270 e. The molecule has 0 aliphatic heterocycles. The van der Waals surface area contributed by atoms with Crippen LogP contribution in [0.5, 0.6) is 5.75 Å². The van der Waals surface area contributed by atoms with Crippen LogP contribution in [0.2, 0.25) is 0 Å². The summed E-state index contributed by atoms with van der Waals surface area (Å²) < 4.78 is 5.11. The number of amides is 1. The molecule has 0 radical (unpaired) electrons. The minimum Gasteiger partial charge on any atom is -0.497 e. The van der Waals surface area contributed by atoms with Gasteiger partial charge in [-0.25, -0.2) is 0 Å². The van der Waals surface area contributed by atoms with Crippen molar-refractivity contribution in [2.75, 3.05) is 13.7 Å². The zero-order valence-corrected chi connectivity index (χ0v) is 12.5. The first-order valence-electron chi connectivity index (χ1n) is 7.66. The summed E-state index contributed by atoms with van der Waals surface area (Å²) >= 11 is 0. The lowest BCUT2D eigenvalue weighted by Crippen LogP contribution is -2.42. The van der Waals surface area contributed by atoms with Crippen LogP contribution in [0.25, 0.3) is 0 Å². The first kappa shape index (κ1) is 15.8. The van der Waals surface area contributed by atoms with Gasteiger partial charge in [-0.05, 0) is 31.2 Å². The lowest BCUT2D eigenvalue weighted by Gasteiger charge is -2.30. The Kier molecular flexibility index (Phi) is 5.99. The molecule has 1 fully saturated rings. The number of methoxy groups -OCH3 is 1. The maximum Gasteiger partial charge on any atom is 0.270 e. The zero-order valence-electron chi connectivity index (χ0n) is 12.5. The molecule has 0 saturated heterocycles. The van der Waals surface area contributed by atoms with Crippen molar-refractivity contribution >= 4 is 5.91 Å². The highest BCUT2D eigenvalue weighted by molar-refractivity contribution is 5.92. The fourth-order valence-electron chi connectivity index (χ4n) is 3.01. The standard InChI is InChI=1S/C16H24N2O3/c1-21-13-7-9-17-15(11-13)16(20)18-14(8-10-19)12-5-3-2-4-6-12/h7,9,11-12,14,19H,2-6,8,10H2,1H3,(H,18,20). The van der Waals surface area contributed by atoms with E-state index < -0.39 is 0 Å². The van der Waals surface area contributed by atoms with Crippen molar-refractivity contribution in [2.45, 2.75) is 44.6 Å². The van der Waals surface area contributed by atoms with Gasteiger partial charge in [0.25, 0.3) is 5.91 Å². The SMILES string of the molecule is COc1ccnc(C(=O)NC(CCO)C2CCCCC2)c1. The number of hydrogen-bond donors (Lipinski definition) is 2. The molecule has 1 aliphatic rings. The minimum atomic E-state index is -0.196. The maximum atomic E-state index is 12.3. The van der Waals surface area contributed by atoms with Gasteiger partial charge in [-0.15, -0.1) is 0 Å². The largest absolute Gasteiger partial charge is 0.497 e. The highest BCUT2D eigenvalue weighted by atomic mass is 16.5. The third-order valence-electron chi connectivity index (χ3n) is 4.18. The third-order valence-corrected chi connectivity index (χ3v) is 4.18. The Bertz CT molecular complexity index is 459. The molecule has 0 aromatic carbocycles. The molecule has 1 heterocycles. The Hall–Kier alpha value is -1.62. The molecule has 116 valence electrons. The molecule has 5 nitrogen and oxygen atoms in total. The number of rotatable bonds is 6. The lowest BCUT2D eigenvalue weighted by atomic mass is 9.82. The average Bonchev–Trinajstić information content (AvgIpc) is 2.55. The van der Waals surface area contributed by atoms with Crippen LogP contribution in [0.4, 0.5) is 0 Å². The van der Waals surface area contributed by atoms with E-state index in [9.17, 15) is 9.90 Å². The van der Waals surface area contributed by atoms with Crippen LogP contribution in [-0.4, -0.2) is 35.8 Å². The van der Waals surface area contributed by atoms with E-state index in [-0.39, 0.29) is 18.6 Å². The second-order valence-corrected chi connectivity index (χ2v) is 5.57. The normalized spacial score (nSPS) is 17.2. The molecule has 21 heavy (non-hydrogen) atoms. The van der Waals surface area contributed by atoms with Gasteiger partial charge in [0.15, 0.2) is 0 Å². The average molecular weight is 292 g/mol. The van der Waals surface area contributed by atoms with Gasteiger partial charge in [-0.1, -0.05) is 19.3 Å². The van der Waals surface area contributed by atoms with Crippen LogP contribution in [0.15, 0.2) is 18.3 Å². The zero-order chi connectivity index (χ0) is 15.1. The third kappa shape index (κ3) is 4.43. The Morgan fingerprint density at radius 2 is 2.24 bits per heavy atom. The predicted molar refractivity (Wildman–Crippen MR) is 80.3 cm³/mol. The number of aromatic nitrogens is 1. The number of ether oxygens (including phenoxy) is 1. The number of hydrogen-bond acceptors (Lipinski definition) is 4. The molecule has 1 saturated carbocycles. The van der Waals surface area contributed by atoms with Crippen LogP contribution in [0.3, 0.4) is 0 Å².